The zero-order chi connectivity index (χ0) is 37.6. The van der Waals surface area contributed by atoms with E-state index in [-0.39, 0.29) is 46.2 Å². The topological polar surface area (TPSA) is 117 Å². The fourth-order valence-corrected chi connectivity index (χ4v) is 7.14. The number of anilines is 1. The molecule has 1 amide bonds. The van der Waals surface area contributed by atoms with Gasteiger partial charge in [-0.1, -0.05) is 41.4 Å². The molecular weight excluding hydrogens is 733 g/mol. The molecule has 2 aromatic heterocycles. The van der Waals surface area contributed by atoms with Crippen LogP contribution in [0.5, 0.6) is 11.5 Å². The van der Waals surface area contributed by atoms with E-state index >= 15 is 0 Å². The summed E-state index contributed by atoms with van der Waals surface area (Å²) in [5.74, 6) is -0.567. The Hall–Kier alpha value is -4.72. The fourth-order valence-electron chi connectivity index (χ4n) is 6.54. The predicted molar refractivity (Wildman–Crippen MR) is 192 cm³/mol. The molecule has 3 aliphatic rings. The number of hydrogen-bond acceptors (Lipinski definition) is 9. The van der Waals surface area contributed by atoms with Gasteiger partial charge in [-0.25, -0.2) is 9.59 Å². The smallest absolute Gasteiger partial charge is 0.414 e. The maximum Gasteiger partial charge on any atom is 0.414 e. The summed E-state index contributed by atoms with van der Waals surface area (Å²) in [7, 11) is 0. The van der Waals surface area contributed by atoms with E-state index in [1.807, 2.05) is 0 Å². The van der Waals surface area contributed by atoms with Crippen molar-refractivity contribution >= 4 is 41.0 Å². The van der Waals surface area contributed by atoms with E-state index in [4.69, 9.17) is 37.4 Å². The van der Waals surface area contributed by atoms with Gasteiger partial charge in [0, 0.05) is 24.7 Å². The monoisotopic (exact) mass is 770 g/mol. The first-order chi connectivity index (χ1) is 25.4. The average molecular weight is 772 g/mol. The van der Waals surface area contributed by atoms with E-state index in [1.165, 1.54) is 23.1 Å². The van der Waals surface area contributed by atoms with Gasteiger partial charge in [0.2, 0.25) is 0 Å². The Balaban J connectivity index is 1.23. The summed E-state index contributed by atoms with van der Waals surface area (Å²) in [5.41, 5.74) is 2.17. The van der Waals surface area contributed by atoms with Crippen molar-refractivity contribution in [1.82, 2.24) is 9.88 Å². The highest BCUT2D eigenvalue weighted by Crippen LogP contribution is 2.37. The minimum atomic E-state index is -3.10. The second-order valence-electron chi connectivity index (χ2n) is 13.2. The van der Waals surface area contributed by atoms with Gasteiger partial charge < -0.3 is 24.2 Å². The number of aromatic nitrogens is 2. The number of alkyl halides is 2. The van der Waals surface area contributed by atoms with Crippen LogP contribution >= 0.6 is 23.2 Å². The van der Waals surface area contributed by atoms with Gasteiger partial charge in [-0.15, -0.1) is 0 Å². The molecule has 1 unspecified atom stereocenters. The summed E-state index contributed by atoms with van der Waals surface area (Å²) < 4.78 is 49.3. The molecule has 15 heteroatoms. The van der Waals surface area contributed by atoms with E-state index in [0.29, 0.717) is 33.0 Å². The van der Waals surface area contributed by atoms with Crippen LogP contribution in [0.1, 0.15) is 59.8 Å². The van der Waals surface area contributed by atoms with Crippen LogP contribution in [0, 0.1) is 11.1 Å². The Labute approximate surface area is 315 Å². The number of halogens is 4. The van der Waals surface area contributed by atoms with Gasteiger partial charge in [-0.05, 0) is 93.2 Å². The molecule has 2 aromatic carbocycles. The zero-order valence-corrected chi connectivity index (χ0v) is 30.5. The molecule has 2 bridgehead atoms. The quantitative estimate of drug-likeness (QED) is 0.0763. The Morgan fingerprint density at radius 1 is 1.02 bits per heavy atom. The molecule has 0 spiro atoms. The van der Waals surface area contributed by atoms with Crippen molar-refractivity contribution in [2.45, 2.75) is 64.6 Å². The molecule has 3 aliphatic heterocycles. The summed E-state index contributed by atoms with van der Waals surface area (Å²) >= 11 is 12.8. The van der Waals surface area contributed by atoms with Crippen LogP contribution in [-0.2, 0) is 22.4 Å². The van der Waals surface area contributed by atoms with Gasteiger partial charge in [0.1, 0.15) is 22.3 Å². The van der Waals surface area contributed by atoms with Crippen molar-refractivity contribution in [3.8, 4) is 11.5 Å². The first-order valence-electron chi connectivity index (χ1n) is 17.2. The van der Waals surface area contributed by atoms with Gasteiger partial charge in [0.05, 0.1) is 30.1 Å². The lowest BCUT2D eigenvalue weighted by Crippen LogP contribution is -2.53. The molecule has 5 heterocycles. The standard InChI is InChI=1S/C38H38Cl2F2N4O7/c1-23(2)50-34-16-27(9-10-32(34)52-37(41)42)33(17-29-30(39)20-45(49)21-31(29)40)51-36(47)26-7-5-24(6-8-26)19-46(28-4-3-13-43-18-28)38(48)53-35-22-44-14-11-25(35)12-15-44/h3-10,13,16,18,20-21,23,25,33,35,37H,11-12,14-15,17,19,22H2,1-2H3/t33?,35-/m0/s1. The lowest BCUT2D eigenvalue weighted by molar-refractivity contribution is -0.605. The Bertz CT molecular complexity index is 1870. The molecule has 53 heavy (non-hydrogen) atoms. The van der Waals surface area contributed by atoms with Crippen molar-refractivity contribution in [3.05, 3.63) is 117 Å². The molecule has 7 rings (SSSR count). The number of nitrogens with zero attached hydrogens (tertiary/aromatic N) is 4. The third kappa shape index (κ3) is 9.64. The number of rotatable bonds is 13. The molecule has 0 N–H and O–H groups in total. The van der Waals surface area contributed by atoms with Crippen molar-refractivity contribution in [1.29, 1.82) is 0 Å². The molecule has 4 aromatic rings. The Morgan fingerprint density at radius 3 is 2.34 bits per heavy atom. The van der Waals surface area contributed by atoms with Crippen molar-refractivity contribution in [2.24, 2.45) is 5.92 Å². The number of hydrogen-bond donors (Lipinski definition) is 0. The normalized spacial score (nSPS) is 18.5. The number of fused-ring (bicyclic) bond motifs is 3. The molecule has 0 aliphatic carbocycles. The van der Waals surface area contributed by atoms with Crippen LogP contribution in [0.25, 0.3) is 0 Å². The molecule has 3 saturated heterocycles. The number of piperidine rings is 3. The third-order valence-electron chi connectivity index (χ3n) is 9.17. The van der Waals surface area contributed by atoms with Crippen molar-refractivity contribution in [2.75, 3.05) is 24.5 Å². The van der Waals surface area contributed by atoms with Crippen LogP contribution in [0.2, 0.25) is 10.0 Å². The van der Waals surface area contributed by atoms with Crippen molar-refractivity contribution in [3.63, 3.8) is 0 Å². The summed E-state index contributed by atoms with van der Waals surface area (Å²) in [6.07, 6.45) is 5.27. The number of carbonyl (C=O) groups excluding carboxylic acids is 2. The number of pyridine rings is 2. The van der Waals surface area contributed by atoms with Crippen LogP contribution in [0.3, 0.4) is 0 Å². The molecule has 11 nitrogen and oxygen atoms in total. The van der Waals surface area contributed by atoms with Gasteiger partial charge in [-0.2, -0.15) is 13.5 Å². The highest BCUT2D eigenvalue weighted by molar-refractivity contribution is 6.35. The minimum absolute atomic E-state index is 0.0102. The van der Waals surface area contributed by atoms with Crippen LogP contribution in [0.4, 0.5) is 19.3 Å². The van der Waals surface area contributed by atoms with Gasteiger partial charge in [0.25, 0.3) is 0 Å². The lowest BCUT2D eigenvalue weighted by Gasteiger charge is -2.44. The van der Waals surface area contributed by atoms with Crippen LogP contribution in [-0.4, -0.2) is 60.4 Å². The predicted octanol–water partition coefficient (Wildman–Crippen LogP) is 7.79. The van der Waals surface area contributed by atoms with Crippen LogP contribution < -0.4 is 19.1 Å². The van der Waals surface area contributed by atoms with E-state index < -0.39 is 30.9 Å². The first kappa shape index (κ1) is 38.0. The van der Waals surface area contributed by atoms with Gasteiger partial charge in [0.15, 0.2) is 23.9 Å². The summed E-state index contributed by atoms with van der Waals surface area (Å²) in [6, 6.07) is 14.3. The zero-order valence-electron chi connectivity index (χ0n) is 29.0. The third-order valence-corrected chi connectivity index (χ3v) is 9.82. The summed E-state index contributed by atoms with van der Waals surface area (Å²) in [5, 5.41) is 12.0. The summed E-state index contributed by atoms with van der Waals surface area (Å²) in [4.78, 5) is 35.3. The Morgan fingerprint density at radius 2 is 1.74 bits per heavy atom. The number of carbonyl (C=O) groups is 2. The highest BCUT2D eigenvalue weighted by Gasteiger charge is 2.37. The first-order valence-corrected chi connectivity index (χ1v) is 17.9. The molecular formula is C38H38Cl2F2N4O7. The second kappa shape index (κ2) is 17.0. The fraction of sp³-hybridized carbons (Fsp3) is 0.368. The van der Waals surface area contributed by atoms with Gasteiger partial charge in [-0.3, -0.25) is 14.8 Å². The molecule has 3 fully saturated rings. The largest absolute Gasteiger partial charge is 0.619 e. The van der Waals surface area contributed by atoms with E-state index in [2.05, 4.69) is 14.6 Å². The molecule has 0 saturated carbocycles. The number of benzene rings is 2. The maximum atomic E-state index is 13.7. The highest BCUT2D eigenvalue weighted by atomic mass is 35.5. The van der Waals surface area contributed by atoms with Crippen LogP contribution in [0.15, 0.2) is 79.4 Å². The number of amides is 1. The SMILES string of the molecule is CC(C)Oc1cc(C(Cc2c(Cl)c[n+]([O-])cc2Cl)OC(=O)c2ccc(CN(C(=O)O[C@H]3CN4CCC3CC4)c3cccnc3)cc2)ccc1OC(F)F. The minimum Gasteiger partial charge on any atom is -0.619 e. The van der Waals surface area contributed by atoms with Crippen molar-refractivity contribution < 1.29 is 42.0 Å². The van der Waals surface area contributed by atoms with E-state index in [1.54, 1.807) is 62.6 Å². The van der Waals surface area contributed by atoms with E-state index in [0.717, 1.165) is 44.9 Å². The Kier molecular flexibility index (Phi) is 12.2. The summed E-state index contributed by atoms with van der Waals surface area (Å²) in [6.45, 7) is 3.26. The molecule has 2 atom stereocenters. The maximum absolute atomic E-state index is 13.7. The number of ether oxygens (including phenoxy) is 4. The lowest BCUT2D eigenvalue weighted by atomic mass is 9.86. The van der Waals surface area contributed by atoms with E-state index in [9.17, 15) is 23.6 Å². The average Bonchev–Trinajstić information content (AvgIpc) is 3.13. The van der Waals surface area contributed by atoms with Gasteiger partial charge >= 0.3 is 18.7 Å². The molecule has 280 valence electrons. The number of esters is 1. The molecule has 0 radical (unpaired) electrons. The second-order valence-corrected chi connectivity index (χ2v) is 14.0.